The van der Waals surface area contributed by atoms with E-state index in [0.717, 1.165) is 18.7 Å². The van der Waals surface area contributed by atoms with Crippen LogP contribution in [0.1, 0.15) is 43.1 Å². The molecule has 0 spiro atoms. The number of nitrogens with one attached hydrogen (secondary N) is 1. The number of benzene rings is 1. The van der Waals surface area contributed by atoms with Crippen molar-refractivity contribution in [2.45, 2.75) is 38.6 Å². The molecule has 1 unspecified atom stereocenters. The van der Waals surface area contributed by atoms with E-state index in [1.54, 1.807) is 44.7 Å². The molecule has 1 fully saturated rings. The molecule has 0 radical (unpaired) electrons. The van der Waals surface area contributed by atoms with E-state index >= 15 is 0 Å². The van der Waals surface area contributed by atoms with Gasteiger partial charge in [-0.2, -0.15) is 0 Å². The van der Waals surface area contributed by atoms with E-state index in [4.69, 9.17) is 9.47 Å². The number of anilines is 2. The zero-order chi connectivity index (χ0) is 19.2. The van der Waals surface area contributed by atoms with Crippen LogP contribution in [0.5, 0.6) is 11.5 Å². The molecule has 0 aliphatic carbocycles. The van der Waals surface area contributed by atoms with E-state index in [-0.39, 0.29) is 5.91 Å². The lowest BCUT2D eigenvalue weighted by Crippen LogP contribution is -2.39. The lowest BCUT2D eigenvalue weighted by atomic mass is 9.99. The Morgan fingerprint density at radius 2 is 2.00 bits per heavy atom. The maximum atomic E-state index is 12.5. The van der Waals surface area contributed by atoms with Crippen molar-refractivity contribution in [3.05, 3.63) is 42.2 Å². The second kappa shape index (κ2) is 8.75. The molecule has 3 rings (SSSR count). The fourth-order valence-electron chi connectivity index (χ4n) is 3.56. The van der Waals surface area contributed by atoms with Crippen molar-refractivity contribution in [2.24, 2.45) is 0 Å². The minimum absolute atomic E-state index is 0.251. The van der Waals surface area contributed by atoms with Crippen LogP contribution in [-0.2, 0) is 0 Å². The van der Waals surface area contributed by atoms with Crippen molar-refractivity contribution in [1.82, 2.24) is 4.98 Å². The van der Waals surface area contributed by atoms with Crippen LogP contribution in [0.25, 0.3) is 0 Å². The molecular formula is C21H27N3O3. The van der Waals surface area contributed by atoms with Crippen LogP contribution in [0.4, 0.5) is 11.4 Å². The number of amides is 1. The Bertz CT molecular complexity index is 777. The molecular weight excluding hydrogens is 342 g/mol. The molecule has 1 aromatic heterocycles. The molecule has 0 bridgehead atoms. The van der Waals surface area contributed by atoms with Crippen LogP contribution in [0.15, 0.2) is 36.5 Å². The van der Waals surface area contributed by atoms with Gasteiger partial charge in [-0.15, -0.1) is 0 Å². The summed E-state index contributed by atoms with van der Waals surface area (Å²) >= 11 is 0. The number of pyridine rings is 1. The molecule has 1 atom stereocenters. The molecule has 6 nitrogen and oxygen atoms in total. The Balaban J connectivity index is 1.70. The third-order valence-corrected chi connectivity index (χ3v) is 5.05. The van der Waals surface area contributed by atoms with E-state index in [1.807, 2.05) is 6.07 Å². The Kier molecular flexibility index (Phi) is 6.16. The maximum absolute atomic E-state index is 12.5. The number of piperidine rings is 1. The highest BCUT2D eigenvalue weighted by Gasteiger charge is 2.21. The molecule has 2 heterocycles. The summed E-state index contributed by atoms with van der Waals surface area (Å²) in [7, 11) is 3.14. The van der Waals surface area contributed by atoms with Gasteiger partial charge in [0.2, 0.25) is 0 Å². The number of rotatable bonds is 6. The van der Waals surface area contributed by atoms with Crippen molar-refractivity contribution in [2.75, 3.05) is 31.0 Å². The van der Waals surface area contributed by atoms with Crippen LogP contribution in [0.2, 0.25) is 0 Å². The summed E-state index contributed by atoms with van der Waals surface area (Å²) in [6.07, 6.45) is 6.64. The quantitative estimate of drug-likeness (QED) is 0.830. The second-order valence-corrected chi connectivity index (χ2v) is 6.68. The molecule has 0 saturated carbocycles. The van der Waals surface area contributed by atoms with E-state index in [9.17, 15) is 4.79 Å². The monoisotopic (exact) mass is 369 g/mol. The Labute approximate surface area is 160 Å². The largest absolute Gasteiger partial charge is 0.493 e. The number of nitrogens with zero attached hydrogens (tertiary/aromatic N) is 2. The van der Waals surface area contributed by atoms with Gasteiger partial charge in [0.1, 0.15) is 5.69 Å². The van der Waals surface area contributed by atoms with Crippen LogP contribution in [0.3, 0.4) is 0 Å². The highest BCUT2D eigenvalue weighted by Crippen LogP contribution is 2.30. The molecule has 1 amide bonds. The first kappa shape index (κ1) is 19.0. The average molecular weight is 369 g/mol. The Morgan fingerprint density at radius 1 is 1.19 bits per heavy atom. The minimum atomic E-state index is -0.251. The summed E-state index contributed by atoms with van der Waals surface area (Å²) in [6, 6.07) is 9.59. The van der Waals surface area contributed by atoms with Gasteiger partial charge in [-0.3, -0.25) is 4.79 Å². The highest BCUT2D eigenvalue weighted by atomic mass is 16.5. The standard InChI is InChI=1S/C21H27N3O3/c1-4-16-7-5-6-12-24(16)17-9-10-18(22-14-17)21(25)23-15-8-11-19(26-2)20(13-15)27-3/h8-11,13-14,16H,4-7,12H2,1-3H3,(H,23,25). The summed E-state index contributed by atoms with van der Waals surface area (Å²) in [4.78, 5) is 19.3. The smallest absolute Gasteiger partial charge is 0.274 e. The summed E-state index contributed by atoms with van der Waals surface area (Å²) in [6.45, 7) is 3.28. The van der Waals surface area contributed by atoms with Crippen LogP contribution >= 0.6 is 0 Å². The van der Waals surface area contributed by atoms with E-state index in [0.29, 0.717) is 28.9 Å². The summed E-state index contributed by atoms with van der Waals surface area (Å²) in [5.41, 5.74) is 2.11. The third-order valence-electron chi connectivity index (χ3n) is 5.05. The van der Waals surface area contributed by atoms with Gasteiger partial charge in [0.15, 0.2) is 11.5 Å². The molecule has 1 saturated heterocycles. The number of ether oxygens (including phenoxy) is 2. The molecule has 1 aliphatic heterocycles. The van der Waals surface area contributed by atoms with E-state index < -0.39 is 0 Å². The second-order valence-electron chi connectivity index (χ2n) is 6.68. The maximum Gasteiger partial charge on any atom is 0.274 e. The van der Waals surface area contributed by atoms with Gasteiger partial charge < -0.3 is 19.7 Å². The molecule has 6 heteroatoms. The molecule has 1 aliphatic rings. The topological polar surface area (TPSA) is 63.7 Å². The highest BCUT2D eigenvalue weighted by molar-refractivity contribution is 6.03. The number of hydrogen-bond donors (Lipinski definition) is 1. The molecule has 144 valence electrons. The van der Waals surface area contributed by atoms with Crippen molar-refractivity contribution in [3.8, 4) is 11.5 Å². The van der Waals surface area contributed by atoms with Gasteiger partial charge in [-0.25, -0.2) is 4.98 Å². The normalized spacial score (nSPS) is 16.7. The summed E-state index contributed by atoms with van der Waals surface area (Å²) in [5.74, 6) is 0.929. The minimum Gasteiger partial charge on any atom is -0.493 e. The first-order valence-electron chi connectivity index (χ1n) is 9.42. The number of aromatic nitrogens is 1. The molecule has 1 aromatic carbocycles. The molecule has 2 aromatic rings. The van der Waals surface area contributed by atoms with Gasteiger partial charge in [-0.05, 0) is 49.9 Å². The molecule has 27 heavy (non-hydrogen) atoms. The number of carbonyl (C=O) groups excluding carboxylic acids is 1. The van der Waals surface area contributed by atoms with Gasteiger partial charge in [-0.1, -0.05) is 6.92 Å². The van der Waals surface area contributed by atoms with Crippen LogP contribution < -0.4 is 19.7 Å². The van der Waals surface area contributed by atoms with Gasteiger partial charge >= 0.3 is 0 Å². The van der Waals surface area contributed by atoms with Gasteiger partial charge in [0.05, 0.1) is 26.1 Å². The van der Waals surface area contributed by atoms with Crippen molar-refractivity contribution < 1.29 is 14.3 Å². The van der Waals surface area contributed by atoms with E-state index in [2.05, 4.69) is 22.1 Å². The van der Waals surface area contributed by atoms with Crippen LogP contribution in [-0.4, -0.2) is 37.7 Å². The lowest BCUT2D eigenvalue weighted by molar-refractivity contribution is 0.102. The fourth-order valence-corrected chi connectivity index (χ4v) is 3.56. The van der Waals surface area contributed by atoms with Crippen LogP contribution in [0, 0.1) is 0 Å². The third kappa shape index (κ3) is 4.32. The van der Waals surface area contributed by atoms with Crippen molar-refractivity contribution in [3.63, 3.8) is 0 Å². The summed E-state index contributed by atoms with van der Waals surface area (Å²) < 4.78 is 10.5. The van der Waals surface area contributed by atoms with Gasteiger partial charge in [0, 0.05) is 24.3 Å². The van der Waals surface area contributed by atoms with Crippen molar-refractivity contribution in [1.29, 1.82) is 0 Å². The van der Waals surface area contributed by atoms with Gasteiger partial charge in [0.25, 0.3) is 5.91 Å². The Morgan fingerprint density at radius 3 is 2.67 bits per heavy atom. The molecule has 1 N–H and O–H groups in total. The number of carbonyl (C=O) groups is 1. The van der Waals surface area contributed by atoms with Crippen molar-refractivity contribution >= 4 is 17.3 Å². The number of methoxy groups -OCH3 is 2. The zero-order valence-corrected chi connectivity index (χ0v) is 16.2. The number of hydrogen-bond acceptors (Lipinski definition) is 5. The predicted octanol–water partition coefficient (Wildman–Crippen LogP) is 4.12. The first-order chi connectivity index (χ1) is 13.2. The Hall–Kier alpha value is -2.76. The lowest BCUT2D eigenvalue weighted by Gasteiger charge is -2.37. The zero-order valence-electron chi connectivity index (χ0n) is 16.2. The summed E-state index contributed by atoms with van der Waals surface area (Å²) in [5, 5.41) is 2.85. The average Bonchev–Trinajstić information content (AvgIpc) is 2.73. The predicted molar refractivity (Wildman–Crippen MR) is 107 cm³/mol. The first-order valence-corrected chi connectivity index (χ1v) is 9.42. The van der Waals surface area contributed by atoms with E-state index in [1.165, 1.54) is 19.3 Å². The fraction of sp³-hybridized carbons (Fsp3) is 0.429. The SMILES string of the molecule is CCC1CCCCN1c1ccc(C(=O)Nc2ccc(OC)c(OC)c2)nc1.